The molecular formula is C15H10Cl3N. The number of hydrogen-bond donors (Lipinski definition) is 0. The van der Waals surface area contributed by atoms with Crippen LogP contribution < -0.4 is 0 Å². The summed E-state index contributed by atoms with van der Waals surface area (Å²) in [7, 11) is 0. The molecule has 0 bridgehead atoms. The smallest absolute Gasteiger partial charge is 0.0754 e. The van der Waals surface area contributed by atoms with Crippen LogP contribution in [0.1, 0.15) is 17.0 Å². The fraction of sp³-hybridized carbons (Fsp3) is 0.133. The molecule has 0 unspecified atom stereocenters. The Bertz CT molecular complexity index is 594. The lowest BCUT2D eigenvalue weighted by molar-refractivity contribution is 0.849. The van der Waals surface area contributed by atoms with Crippen molar-refractivity contribution >= 4 is 34.8 Å². The molecule has 1 atom stereocenters. The molecule has 0 amide bonds. The first-order valence-electron chi connectivity index (χ1n) is 5.70. The van der Waals surface area contributed by atoms with Crippen molar-refractivity contribution < 1.29 is 0 Å². The van der Waals surface area contributed by atoms with E-state index in [1.807, 2.05) is 12.1 Å². The van der Waals surface area contributed by atoms with Crippen LogP contribution in [0.3, 0.4) is 0 Å². The van der Waals surface area contributed by atoms with Crippen molar-refractivity contribution in [1.29, 1.82) is 5.26 Å². The van der Waals surface area contributed by atoms with Gasteiger partial charge in [-0.2, -0.15) is 5.26 Å². The van der Waals surface area contributed by atoms with Crippen LogP contribution in [-0.4, -0.2) is 0 Å². The average molecular weight is 311 g/mol. The maximum atomic E-state index is 9.32. The fourth-order valence-electron chi connectivity index (χ4n) is 1.86. The van der Waals surface area contributed by atoms with Crippen LogP contribution in [0, 0.1) is 11.3 Å². The zero-order chi connectivity index (χ0) is 13.8. The summed E-state index contributed by atoms with van der Waals surface area (Å²) < 4.78 is 0. The van der Waals surface area contributed by atoms with E-state index in [0.717, 1.165) is 11.1 Å². The predicted octanol–water partition coefficient (Wildman–Crippen LogP) is 5.50. The molecule has 0 aliphatic heterocycles. The summed E-state index contributed by atoms with van der Waals surface area (Å²) in [6, 6.07) is 14.9. The number of benzene rings is 2. The van der Waals surface area contributed by atoms with E-state index in [1.54, 1.807) is 30.3 Å². The maximum Gasteiger partial charge on any atom is 0.0754 e. The third-order valence-electron chi connectivity index (χ3n) is 2.90. The largest absolute Gasteiger partial charge is 0.198 e. The molecule has 2 rings (SSSR count). The van der Waals surface area contributed by atoms with E-state index in [1.165, 1.54) is 0 Å². The van der Waals surface area contributed by atoms with Gasteiger partial charge in [0.15, 0.2) is 0 Å². The minimum absolute atomic E-state index is 0.297. The summed E-state index contributed by atoms with van der Waals surface area (Å²) in [6.45, 7) is 0. The highest BCUT2D eigenvalue weighted by molar-refractivity contribution is 6.36. The lowest BCUT2D eigenvalue weighted by atomic mass is 9.93. The lowest BCUT2D eigenvalue weighted by Gasteiger charge is -2.12. The Morgan fingerprint density at radius 1 is 0.947 bits per heavy atom. The number of nitriles is 1. The monoisotopic (exact) mass is 309 g/mol. The number of hydrogen-bond acceptors (Lipinski definition) is 1. The SMILES string of the molecule is N#C[C@@H](Cc1c(Cl)cccc1Cl)c1ccc(Cl)cc1. The molecule has 0 fully saturated rings. The Kier molecular flexibility index (Phi) is 4.71. The molecule has 0 radical (unpaired) electrons. The maximum absolute atomic E-state index is 9.32. The van der Waals surface area contributed by atoms with E-state index >= 15 is 0 Å². The minimum atomic E-state index is -0.297. The Balaban J connectivity index is 2.30. The molecule has 0 spiro atoms. The second-order valence-corrected chi connectivity index (χ2v) is 5.39. The van der Waals surface area contributed by atoms with Gasteiger partial charge in [0.2, 0.25) is 0 Å². The summed E-state index contributed by atoms with van der Waals surface area (Å²) in [5.74, 6) is -0.297. The molecule has 0 N–H and O–H groups in total. The molecule has 0 heterocycles. The van der Waals surface area contributed by atoms with Gasteiger partial charge in [-0.15, -0.1) is 0 Å². The average Bonchev–Trinajstić information content (AvgIpc) is 2.40. The van der Waals surface area contributed by atoms with Gasteiger partial charge in [-0.05, 0) is 41.8 Å². The Morgan fingerprint density at radius 2 is 1.53 bits per heavy atom. The normalized spacial score (nSPS) is 11.9. The van der Waals surface area contributed by atoms with Crippen LogP contribution in [0.4, 0.5) is 0 Å². The first-order valence-corrected chi connectivity index (χ1v) is 6.83. The fourth-order valence-corrected chi connectivity index (χ4v) is 2.54. The van der Waals surface area contributed by atoms with Crippen LogP contribution >= 0.6 is 34.8 Å². The third-order valence-corrected chi connectivity index (χ3v) is 3.86. The van der Waals surface area contributed by atoms with Crippen LogP contribution in [0.25, 0.3) is 0 Å². The highest BCUT2D eigenvalue weighted by atomic mass is 35.5. The van der Waals surface area contributed by atoms with Crippen LogP contribution in [0.15, 0.2) is 42.5 Å². The van der Waals surface area contributed by atoms with Crippen molar-refractivity contribution in [3.05, 3.63) is 68.7 Å². The summed E-state index contributed by atoms with van der Waals surface area (Å²) in [4.78, 5) is 0. The van der Waals surface area contributed by atoms with Gasteiger partial charge in [-0.3, -0.25) is 0 Å². The zero-order valence-corrected chi connectivity index (χ0v) is 12.2. The molecule has 0 aromatic heterocycles. The van der Waals surface area contributed by atoms with Gasteiger partial charge < -0.3 is 0 Å². The van der Waals surface area contributed by atoms with Gasteiger partial charge in [0, 0.05) is 15.1 Å². The van der Waals surface area contributed by atoms with E-state index in [4.69, 9.17) is 34.8 Å². The van der Waals surface area contributed by atoms with E-state index in [2.05, 4.69) is 6.07 Å². The van der Waals surface area contributed by atoms with Gasteiger partial charge in [0.05, 0.1) is 12.0 Å². The lowest BCUT2D eigenvalue weighted by Crippen LogP contribution is -2.01. The number of halogens is 3. The molecule has 2 aromatic carbocycles. The Hall–Kier alpha value is -1.20. The molecule has 4 heteroatoms. The van der Waals surface area contributed by atoms with E-state index in [-0.39, 0.29) is 5.92 Å². The van der Waals surface area contributed by atoms with Crippen molar-refractivity contribution in [3.8, 4) is 6.07 Å². The molecule has 19 heavy (non-hydrogen) atoms. The van der Waals surface area contributed by atoms with Gasteiger partial charge in [0.25, 0.3) is 0 Å². The molecule has 2 aromatic rings. The first-order chi connectivity index (χ1) is 9.11. The highest BCUT2D eigenvalue weighted by Gasteiger charge is 2.15. The summed E-state index contributed by atoms with van der Waals surface area (Å²) in [5, 5.41) is 11.1. The molecular weight excluding hydrogens is 301 g/mol. The molecule has 0 saturated heterocycles. The first kappa shape index (κ1) is 14.2. The van der Waals surface area contributed by atoms with E-state index in [0.29, 0.717) is 21.5 Å². The van der Waals surface area contributed by atoms with Gasteiger partial charge in [-0.25, -0.2) is 0 Å². The van der Waals surface area contributed by atoms with E-state index < -0.39 is 0 Å². The van der Waals surface area contributed by atoms with Gasteiger partial charge in [-0.1, -0.05) is 53.0 Å². The Labute approximate surface area is 127 Å². The van der Waals surface area contributed by atoms with Crippen LogP contribution in [0.5, 0.6) is 0 Å². The quantitative estimate of drug-likeness (QED) is 0.734. The van der Waals surface area contributed by atoms with Crippen LogP contribution in [-0.2, 0) is 6.42 Å². The van der Waals surface area contributed by atoms with Gasteiger partial charge >= 0.3 is 0 Å². The molecule has 0 aliphatic rings. The predicted molar refractivity (Wildman–Crippen MR) is 80.0 cm³/mol. The third kappa shape index (κ3) is 3.42. The van der Waals surface area contributed by atoms with Crippen molar-refractivity contribution in [1.82, 2.24) is 0 Å². The van der Waals surface area contributed by atoms with Gasteiger partial charge in [0.1, 0.15) is 0 Å². The van der Waals surface area contributed by atoms with Crippen molar-refractivity contribution in [2.24, 2.45) is 0 Å². The second kappa shape index (κ2) is 6.30. The zero-order valence-electron chi connectivity index (χ0n) is 9.91. The molecule has 0 saturated carbocycles. The Morgan fingerprint density at radius 3 is 2.05 bits per heavy atom. The molecule has 0 aliphatic carbocycles. The number of nitrogens with zero attached hydrogens (tertiary/aromatic N) is 1. The number of rotatable bonds is 3. The minimum Gasteiger partial charge on any atom is -0.198 e. The van der Waals surface area contributed by atoms with E-state index in [9.17, 15) is 5.26 Å². The molecule has 96 valence electrons. The highest BCUT2D eigenvalue weighted by Crippen LogP contribution is 2.30. The van der Waals surface area contributed by atoms with Crippen molar-refractivity contribution in [2.45, 2.75) is 12.3 Å². The summed E-state index contributed by atoms with van der Waals surface area (Å²) in [6.07, 6.45) is 0.483. The second-order valence-electron chi connectivity index (χ2n) is 4.14. The standard InChI is InChI=1S/C15H10Cl3N/c16-12-6-4-10(5-7-12)11(9-19)8-13-14(17)2-1-3-15(13)18/h1-7,11H,8H2/t11-/m1/s1. The summed E-state index contributed by atoms with van der Waals surface area (Å²) in [5.41, 5.74) is 1.70. The van der Waals surface area contributed by atoms with Crippen molar-refractivity contribution in [2.75, 3.05) is 0 Å². The summed E-state index contributed by atoms with van der Waals surface area (Å²) >= 11 is 18.1. The van der Waals surface area contributed by atoms with Crippen molar-refractivity contribution in [3.63, 3.8) is 0 Å². The topological polar surface area (TPSA) is 23.8 Å². The molecule has 1 nitrogen and oxygen atoms in total. The van der Waals surface area contributed by atoms with Crippen LogP contribution in [0.2, 0.25) is 15.1 Å².